The van der Waals surface area contributed by atoms with Crippen molar-refractivity contribution in [3.05, 3.63) is 0 Å². The summed E-state index contributed by atoms with van der Waals surface area (Å²) in [5.74, 6) is -1.17. The van der Waals surface area contributed by atoms with Crippen molar-refractivity contribution in [3.8, 4) is 0 Å². The second-order valence-electron chi connectivity index (χ2n) is 2.86. The number of rotatable bonds is 5. The Morgan fingerprint density at radius 3 is 2.21 bits per heavy atom. The number of aliphatic carboxylic acids is 1. The topological polar surface area (TPSA) is 66.4 Å². The zero-order chi connectivity index (χ0) is 11.6. The third kappa shape index (κ3) is 10.9. The SMILES string of the molecule is CC.CC(=O)NCCC[C@@H](C)C(=O)O. The van der Waals surface area contributed by atoms with Crippen LogP contribution in [-0.4, -0.2) is 23.5 Å². The van der Waals surface area contributed by atoms with Crippen LogP contribution in [-0.2, 0) is 9.59 Å². The zero-order valence-electron chi connectivity index (χ0n) is 9.46. The molecule has 1 atom stereocenters. The van der Waals surface area contributed by atoms with Gasteiger partial charge in [-0.05, 0) is 12.8 Å². The Kier molecular flexibility index (Phi) is 11.0. The van der Waals surface area contributed by atoms with Crippen LogP contribution >= 0.6 is 0 Å². The van der Waals surface area contributed by atoms with Gasteiger partial charge in [0.1, 0.15) is 0 Å². The van der Waals surface area contributed by atoms with E-state index in [1.54, 1.807) is 6.92 Å². The first-order valence-electron chi connectivity index (χ1n) is 5.01. The van der Waals surface area contributed by atoms with Crippen molar-refractivity contribution in [1.82, 2.24) is 5.32 Å². The van der Waals surface area contributed by atoms with Crippen LogP contribution in [0.25, 0.3) is 0 Å². The van der Waals surface area contributed by atoms with Crippen molar-refractivity contribution in [2.24, 2.45) is 5.92 Å². The lowest BCUT2D eigenvalue weighted by Crippen LogP contribution is -2.22. The molecule has 0 aromatic carbocycles. The second kappa shape index (κ2) is 10.0. The van der Waals surface area contributed by atoms with E-state index in [-0.39, 0.29) is 11.8 Å². The maximum absolute atomic E-state index is 10.4. The molecule has 1 amide bonds. The normalized spacial score (nSPS) is 10.9. The van der Waals surface area contributed by atoms with E-state index in [1.165, 1.54) is 6.92 Å². The smallest absolute Gasteiger partial charge is 0.306 e. The van der Waals surface area contributed by atoms with E-state index in [9.17, 15) is 9.59 Å². The summed E-state index contributed by atoms with van der Waals surface area (Å²) in [7, 11) is 0. The maximum Gasteiger partial charge on any atom is 0.306 e. The van der Waals surface area contributed by atoms with Crippen LogP contribution in [0.3, 0.4) is 0 Å². The van der Waals surface area contributed by atoms with Gasteiger partial charge in [0.05, 0.1) is 5.92 Å². The Morgan fingerprint density at radius 2 is 1.86 bits per heavy atom. The molecule has 0 saturated carbocycles. The van der Waals surface area contributed by atoms with Gasteiger partial charge in [0.15, 0.2) is 0 Å². The first kappa shape index (κ1) is 15.4. The lowest BCUT2D eigenvalue weighted by atomic mass is 10.1. The number of carboxylic acid groups (broad SMARTS) is 1. The minimum atomic E-state index is -0.780. The van der Waals surface area contributed by atoms with Crippen molar-refractivity contribution in [3.63, 3.8) is 0 Å². The minimum absolute atomic E-state index is 0.0713. The van der Waals surface area contributed by atoms with Gasteiger partial charge in [0, 0.05) is 13.5 Å². The molecule has 0 radical (unpaired) electrons. The van der Waals surface area contributed by atoms with E-state index < -0.39 is 5.97 Å². The third-order valence-corrected chi connectivity index (χ3v) is 1.61. The standard InChI is InChI=1S/C8H15NO3.C2H6/c1-6(8(11)12)4-3-5-9-7(2)10;1-2/h6H,3-5H2,1-2H3,(H,9,10)(H,11,12);1-2H3/t6-;/m1./s1. The van der Waals surface area contributed by atoms with Gasteiger partial charge in [-0.3, -0.25) is 9.59 Å². The summed E-state index contributed by atoms with van der Waals surface area (Å²) in [6, 6.07) is 0. The maximum atomic E-state index is 10.4. The first-order chi connectivity index (χ1) is 6.54. The van der Waals surface area contributed by atoms with Gasteiger partial charge >= 0.3 is 5.97 Å². The van der Waals surface area contributed by atoms with Crippen molar-refractivity contribution >= 4 is 11.9 Å². The molecule has 0 aliphatic heterocycles. The number of carboxylic acids is 1. The Morgan fingerprint density at radius 1 is 1.36 bits per heavy atom. The molecule has 2 N–H and O–H groups in total. The van der Waals surface area contributed by atoms with Crippen molar-refractivity contribution in [1.29, 1.82) is 0 Å². The van der Waals surface area contributed by atoms with Crippen LogP contribution in [0.15, 0.2) is 0 Å². The second-order valence-corrected chi connectivity index (χ2v) is 2.86. The number of hydrogen-bond acceptors (Lipinski definition) is 2. The van der Waals surface area contributed by atoms with E-state index in [2.05, 4.69) is 5.32 Å². The molecule has 0 aliphatic carbocycles. The summed E-state index contributed by atoms with van der Waals surface area (Å²) in [4.78, 5) is 20.7. The van der Waals surface area contributed by atoms with E-state index in [0.717, 1.165) is 0 Å². The van der Waals surface area contributed by atoms with E-state index in [0.29, 0.717) is 19.4 Å². The largest absolute Gasteiger partial charge is 0.481 e. The molecule has 0 fully saturated rings. The molecule has 84 valence electrons. The molecule has 0 aromatic rings. The lowest BCUT2D eigenvalue weighted by molar-refractivity contribution is -0.141. The summed E-state index contributed by atoms with van der Waals surface area (Å²) in [6.07, 6.45) is 1.32. The van der Waals surface area contributed by atoms with Crippen molar-refractivity contribution < 1.29 is 14.7 Å². The quantitative estimate of drug-likeness (QED) is 0.668. The fourth-order valence-electron chi connectivity index (χ4n) is 0.796. The van der Waals surface area contributed by atoms with E-state index >= 15 is 0 Å². The number of hydrogen-bond donors (Lipinski definition) is 2. The van der Waals surface area contributed by atoms with Gasteiger partial charge in [-0.15, -0.1) is 0 Å². The van der Waals surface area contributed by atoms with Crippen molar-refractivity contribution in [2.45, 2.75) is 40.5 Å². The highest BCUT2D eigenvalue weighted by atomic mass is 16.4. The van der Waals surface area contributed by atoms with Gasteiger partial charge in [0.2, 0.25) is 5.91 Å². The molecule has 0 unspecified atom stereocenters. The van der Waals surface area contributed by atoms with Crippen LogP contribution in [0.5, 0.6) is 0 Å². The fraction of sp³-hybridized carbons (Fsp3) is 0.800. The molecule has 0 aromatic heterocycles. The van der Waals surface area contributed by atoms with Crippen LogP contribution in [0.1, 0.15) is 40.5 Å². The summed E-state index contributed by atoms with van der Waals surface area (Å²) in [5, 5.41) is 11.1. The fourth-order valence-corrected chi connectivity index (χ4v) is 0.796. The molecule has 0 saturated heterocycles. The Balaban J connectivity index is 0. The van der Waals surface area contributed by atoms with Gasteiger partial charge in [-0.2, -0.15) is 0 Å². The summed E-state index contributed by atoms with van der Waals surface area (Å²) >= 11 is 0. The van der Waals surface area contributed by atoms with Gasteiger partial charge in [-0.1, -0.05) is 20.8 Å². The predicted octanol–water partition coefficient (Wildman–Crippen LogP) is 1.65. The van der Waals surface area contributed by atoms with Crippen LogP contribution in [0.2, 0.25) is 0 Å². The van der Waals surface area contributed by atoms with Crippen LogP contribution in [0, 0.1) is 5.92 Å². The Bertz CT molecular complexity index is 169. The molecule has 4 nitrogen and oxygen atoms in total. The molecule has 4 heteroatoms. The molecule has 14 heavy (non-hydrogen) atoms. The highest BCUT2D eigenvalue weighted by Crippen LogP contribution is 2.03. The average Bonchev–Trinajstić information content (AvgIpc) is 2.15. The van der Waals surface area contributed by atoms with Gasteiger partial charge in [0.25, 0.3) is 0 Å². The summed E-state index contributed by atoms with van der Waals surface area (Å²) in [6.45, 7) is 7.67. The lowest BCUT2D eigenvalue weighted by Gasteiger charge is -2.05. The first-order valence-corrected chi connectivity index (χ1v) is 5.01. The molecule has 0 bridgehead atoms. The average molecular weight is 203 g/mol. The number of carbonyl (C=O) groups excluding carboxylic acids is 1. The molecule has 0 spiro atoms. The van der Waals surface area contributed by atoms with Gasteiger partial charge in [-0.25, -0.2) is 0 Å². The highest BCUT2D eigenvalue weighted by Gasteiger charge is 2.09. The van der Waals surface area contributed by atoms with Gasteiger partial charge < -0.3 is 10.4 Å². The molecule has 0 heterocycles. The monoisotopic (exact) mass is 203 g/mol. The third-order valence-electron chi connectivity index (χ3n) is 1.61. The zero-order valence-corrected chi connectivity index (χ0v) is 9.46. The summed E-state index contributed by atoms with van der Waals surface area (Å²) in [5.41, 5.74) is 0. The van der Waals surface area contributed by atoms with Crippen LogP contribution < -0.4 is 5.32 Å². The molecular formula is C10H21NO3. The minimum Gasteiger partial charge on any atom is -0.481 e. The summed E-state index contributed by atoms with van der Waals surface area (Å²) < 4.78 is 0. The molecule has 0 rings (SSSR count). The van der Waals surface area contributed by atoms with Crippen molar-refractivity contribution in [2.75, 3.05) is 6.54 Å². The van der Waals surface area contributed by atoms with Crippen LogP contribution in [0.4, 0.5) is 0 Å². The Hall–Kier alpha value is -1.06. The number of nitrogens with one attached hydrogen (secondary N) is 1. The van der Waals surface area contributed by atoms with E-state index in [1.807, 2.05) is 13.8 Å². The molecule has 0 aliphatic rings. The number of carbonyl (C=O) groups is 2. The predicted molar refractivity (Wildman–Crippen MR) is 56.1 cm³/mol. The molecular weight excluding hydrogens is 182 g/mol. The number of amides is 1. The highest BCUT2D eigenvalue weighted by molar-refractivity contribution is 5.72. The Labute approximate surface area is 85.7 Å². The van der Waals surface area contributed by atoms with E-state index in [4.69, 9.17) is 5.11 Å².